The van der Waals surface area contributed by atoms with Crippen molar-refractivity contribution in [1.82, 2.24) is 4.90 Å². The molecule has 1 fully saturated rings. The zero-order valence-electron chi connectivity index (χ0n) is 6.54. The minimum absolute atomic E-state index is 0.274. The summed E-state index contributed by atoms with van der Waals surface area (Å²) in [5, 5.41) is 8.94. The van der Waals surface area contributed by atoms with Crippen LogP contribution in [0, 0.1) is 0 Å². The van der Waals surface area contributed by atoms with Crippen molar-refractivity contribution in [2.45, 2.75) is 18.9 Å². The van der Waals surface area contributed by atoms with Gasteiger partial charge in [-0.3, -0.25) is 4.90 Å². The summed E-state index contributed by atoms with van der Waals surface area (Å²) in [4.78, 5) is 2.25. The highest BCUT2D eigenvalue weighted by Crippen LogP contribution is 2.15. The van der Waals surface area contributed by atoms with Crippen molar-refractivity contribution in [2.24, 2.45) is 0 Å². The predicted octanol–water partition coefficient (Wildman–Crippen LogP) is 1.20. The summed E-state index contributed by atoms with van der Waals surface area (Å²) in [5.41, 5.74) is 1.53. The Labute approximate surface area is 72.5 Å². The van der Waals surface area contributed by atoms with E-state index in [0.29, 0.717) is 6.04 Å². The van der Waals surface area contributed by atoms with Gasteiger partial charge in [0, 0.05) is 18.1 Å². The van der Waals surface area contributed by atoms with Crippen LogP contribution in [0.5, 0.6) is 0 Å². The van der Waals surface area contributed by atoms with E-state index in [1.165, 1.54) is 12.0 Å². The lowest BCUT2D eigenvalue weighted by atomic mass is 10.2. The van der Waals surface area contributed by atoms with Crippen molar-refractivity contribution in [3.8, 4) is 0 Å². The topological polar surface area (TPSA) is 23.5 Å². The Bertz CT molecular complexity index is 138. The molecule has 0 aliphatic carbocycles. The minimum atomic E-state index is 0.274. The van der Waals surface area contributed by atoms with Crippen molar-refractivity contribution in [1.29, 1.82) is 0 Å². The third-order valence-electron chi connectivity index (χ3n) is 2.14. The quantitative estimate of drug-likeness (QED) is 0.697. The van der Waals surface area contributed by atoms with E-state index in [2.05, 4.69) is 4.90 Å². The van der Waals surface area contributed by atoms with Crippen LogP contribution in [0.15, 0.2) is 11.6 Å². The summed E-state index contributed by atoms with van der Waals surface area (Å²) >= 11 is 5.40. The molecule has 0 saturated carbocycles. The van der Waals surface area contributed by atoms with Crippen molar-refractivity contribution in [3.05, 3.63) is 11.6 Å². The number of aliphatic hydroxyl groups is 1. The van der Waals surface area contributed by atoms with Crippen molar-refractivity contribution in [3.63, 3.8) is 0 Å². The number of hydrogen-bond acceptors (Lipinski definition) is 2. The van der Waals surface area contributed by atoms with Gasteiger partial charge in [-0.25, -0.2) is 0 Å². The number of nitrogens with zero attached hydrogens (tertiary/aromatic N) is 1. The molecule has 1 aliphatic rings. The molecule has 1 rings (SSSR count). The smallest absolute Gasteiger partial charge is 0.0587 e. The molecular weight excluding hydrogens is 162 g/mol. The normalized spacial score (nSPS) is 26.9. The molecule has 0 radical (unpaired) electrons. The Kier molecular flexibility index (Phi) is 3.91. The highest BCUT2D eigenvalue weighted by Gasteiger charge is 2.21. The molecule has 1 aliphatic heterocycles. The zero-order chi connectivity index (χ0) is 8.10. The summed E-state index contributed by atoms with van der Waals surface area (Å²) in [6.45, 7) is 2.23. The fraction of sp³-hybridized carbons (Fsp3) is 0.750. The monoisotopic (exact) mass is 175 g/mol. The molecule has 1 heterocycles. The first-order valence-corrected chi connectivity index (χ1v) is 4.42. The van der Waals surface area contributed by atoms with Crippen LogP contribution in [-0.4, -0.2) is 35.7 Å². The molecule has 1 atom stereocenters. The maximum Gasteiger partial charge on any atom is 0.0587 e. The first-order chi connectivity index (χ1) is 5.38. The molecule has 11 heavy (non-hydrogen) atoms. The zero-order valence-corrected chi connectivity index (χ0v) is 7.30. The molecular formula is C8H14ClNO. The lowest BCUT2D eigenvalue weighted by Crippen LogP contribution is -2.32. The molecule has 2 nitrogen and oxygen atoms in total. The standard InChI is InChI=1S/C8H14ClNO/c9-4-2-6-10-5-1-3-8(10)7-11/h2,4,8,11H,1,3,5-7H2/t8-/m0/s1. The molecule has 0 unspecified atom stereocenters. The van der Waals surface area contributed by atoms with Gasteiger partial charge in [-0.15, -0.1) is 0 Å². The maximum absolute atomic E-state index is 8.94. The third kappa shape index (κ3) is 2.47. The largest absolute Gasteiger partial charge is 0.395 e. The van der Waals surface area contributed by atoms with Crippen molar-refractivity contribution < 1.29 is 5.11 Å². The molecule has 0 aromatic rings. The molecule has 3 heteroatoms. The van der Waals surface area contributed by atoms with Gasteiger partial charge >= 0.3 is 0 Å². The van der Waals surface area contributed by atoms with Crippen LogP contribution in [-0.2, 0) is 0 Å². The van der Waals surface area contributed by atoms with Crippen LogP contribution in [0.1, 0.15) is 12.8 Å². The summed E-state index contributed by atoms with van der Waals surface area (Å²) in [7, 11) is 0. The van der Waals surface area contributed by atoms with E-state index in [1.54, 1.807) is 0 Å². The number of aliphatic hydroxyl groups excluding tert-OH is 1. The summed E-state index contributed by atoms with van der Waals surface area (Å²) in [6, 6.07) is 0.364. The van der Waals surface area contributed by atoms with Crippen LogP contribution < -0.4 is 0 Å². The van der Waals surface area contributed by atoms with Gasteiger partial charge in [-0.05, 0) is 19.4 Å². The number of rotatable bonds is 3. The third-order valence-corrected chi connectivity index (χ3v) is 2.32. The van der Waals surface area contributed by atoms with Crippen LogP contribution in [0.2, 0.25) is 0 Å². The molecule has 0 aromatic heterocycles. The van der Waals surface area contributed by atoms with Crippen LogP contribution in [0.4, 0.5) is 0 Å². The molecule has 1 N–H and O–H groups in total. The molecule has 64 valence electrons. The summed E-state index contributed by atoms with van der Waals surface area (Å²) in [6.07, 6.45) is 4.23. The second-order valence-electron chi connectivity index (χ2n) is 2.84. The van der Waals surface area contributed by atoms with Crippen molar-refractivity contribution in [2.75, 3.05) is 19.7 Å². The highest BCUT2D eigenvalue weighted by molar-refractivity contribution is 6.25. The Balaban J connectivity index is 2.31. The number of likely N-dealkylation sites (tertiary alicyclic amines) is 1. The first kappa shape index (κ1) is 9.04. The van der Waals surface area contributed by atoms with Gasteiger partial charge in [0.1, 0.15) is 0 Å². The van der Waals surface area contributed by atoms with E-state index < -0.39 is 0 Å². The van der Waals surface area contributed by atoms with Gasteiger partial charge < -0.3 is 5.11 Å². The Hall–Kier alpha value is -0.0500. The van der Waals surface area contributed by atoms with E-state index in [9.17, 15) is 0 Å². The minimum Gasteiger partial charge on any atom is -0.395 e. The molecule has 0 amide bonds. The predicted molar refractivity (Wildman–Crippen MR) is 46.7 cm³/mol. The molecule has 0 bridgehead atoms. The molecule has 1 saturated heterocycles. The highest BCUT2D eigenvalue weighted by atomic mass is 35.5. The van der Waals surface area contributed by atoms with Crippen LogP contribution >= 0.6 is 11.6 Å². The number of halogens is 1. The second-order valence-corrected chi connectivity index (χ2v) is 3.09. The van der Waals surface area contributed by atoms with E-state index in [-0.39, 0.29) is 6.61 Å². The second kappa shape index (κ2) is 4.75. The van der Waals surface area contributed by atoms with Gasteiger partial charge in [0.2, 0.25) is 0 Å². The van der Waals surface area contributed by atoms with Gasteiger partial charge in [0.25, 0.3) is 0 Å². The fourth-order valence-electron chi connectivity index (χ4n) is 1.52. The Morgan fingerprint density at radius 3 is 3.09 bits per heavy atom. The van der Waals surface area contributed by atoms with Gasteiger partial charge in [0.05, 0.1) is 6.61 Å². The SMILES string of the molecule is OC[C@@H]1CCCN1CC=CCl. The maximum atomic E-state index is 8.94. The van der Waals surface area contributed by atoms with Gasteiger partial charge in [-0.1, -0.05) is 17.7 Å². The van der Waals surface area contributed by atoms with E-state index in [4.69, 9.17) is 16.7 Å². The van der Waals surface area contributed by atoms with E-state index in [0.717, 1.165) is 19.5 Å². The lowest BCUT2D eigenvalue weighted by molar-refractivity contribution is 0.170. The average Bonchev–Trinajstić information content (AvgIpc) is 2.47. The summed E-state index contributed by atoms with van der Waals surface area (Å²) < 4.78 is 0. The average molecular weight is 176 g/mol. The van der Waals surface area contributed by atoms with Gasteiger partial charge in [-0.2, -0.15) is 0 Å². The Morgan fingerprint density at radius 1 is 1.64 bits per heavy atom. The first-order valence-electron chi connectivity index (χ1n) is 3.98. The summed E-state index contributed by atoms with van der Waals surface area (Å²) in [5.74, 6) is 0. The lowest BCUT2D eigenvalue weighted by Gasteiger charge is -2.20. The van der Waals surface area contributed by atoms with E-state index in [1.807, 2.05) is 6.08 Å². The van der Waals surface area contributed by atoms with E-state index >= 15 is 0 Å². The van der Waals surface area contributed by atoms with Crippen LogP contribution in [0.25, 0.3) is 0 Å². The number of hydrogen-bond donors (Lipinski definition) is 1. The van der Waals surface area contributed by atoms with Gasteiger partial charge in [0.15, 0.2) is 0 Å². The molecule has 0 aromatic carbocycles. The van der Waals surface area contributed by atoms with Crippen LogP contribution in [0.3, 0.4) is 0 Å². The molecule has 0 spiro atoms. The fourth-order valence-corrected chi connectivity index (χ4v) is 1.60. The Morgan fingerprint density at radius 2 is 2.45 bits per heavy atom. The van der Waals surface area contributed by atoms with Crippen molar-refractivity contribution >= 4 is 11.6 Å².